The van der Waals surface area contributed by atoms with Crippen LogP contribution in [0, 0.1) is 0 Å². The molecule has 0 radical (unpaired) electrons. The quantitative estimate of drug-likeness (QED) is 0.424. The molecule has 9 nitrogen and oxygen atoms in total. The van der Waals surface area contributed by atoms with Crippen molar-refractivity contribution in [1.82, 2.24) is 9.55 Å². The van der Waals surface area contributed by atoms with Gasteiger partial charge in [-0.15, -0.1) is 0 Å². The summed E-state index contributed by atoms with van der Waals surface area (Å²) in [6.45, 7) is -0.516. The van der Waals surface area contributed by atoms with E-state index in [0.717, 1.165) is 4.57 Å². The van der Waals surface area contributed by atoms with Crippen LogP contribution in [-0.2, 0) is 4.74 Å². The van der Waals surface area contributed by atoms with E-state index in [-0.39, 0.29) is 5.56 Å². The number of nitrogens with zero attached hydrogens (tertiary/aromatic N) is 1. The average molecular weight is 335 g/mol. The molecule has 9 heteroatoms. The van der Waals surface area contributed by atoms with Crippen LogP contribution >= 0.6 is 0 Å². The standard InChI is InChI=1S/C15H17N3O6/c16-8-3-1-7(2-4-8)9-5-18(15(23)17-13(9)22)14-12(21)11(20)10(6-19)24-14/h1-5,10-12,14,19-21H,6,16H2,(H,17,22,23)/t10-,11-,12-,14-/m1/s1. The molecule has 1 fully saturated rings. The summed E-state index contributed by atoms with van der Waals surface area (Å²) in [5, 5.41) is 29.0. The molecule has 1 aromatic heterocycles. The van der Waals surface area contributed by atoms with Gasteiger partial charge in [0.05, 0.1) is 12.2 Å². The first-order valence-corrected chi connectivity index (χ1v) is 7.26. The molecule has 3 rings (SSSR count). The fourth-order valence-electron chi connectivity index (χ4n) is 2.65. The van der Waals surface area contributed by atoms with Gasteiger partial charge in [0.1, 0.15) is 18.3 Å². The predicted molar refractivity (Wildman–Crippen MR) is 84.2 cm³/mol. The SMILES string of the molecule is Nc1ccc(-c2cn([C@@H]3O[C@H](CO)[C@@H](O)[C@H]3O)c(=O)[nH]c2=O)cc1. The summed E-state index contributed by atoms with van der Waals surface area (Å²) in [6, 6.07) is 6.45. The maximum atomic E-state index is 12.1. The van der Waals surface area contributed by atoms with Gasteiger partial charge in [0.15, 0.2) is 6.23 Å². The van der Waals surface area contributed by atoms with Gasteiger partial charge in [0, 0.05) is 11.9 Å². The molecule has 0 spiro atoms. The Bertz CT molecular complexity index is 844. The average Bonchev–Trinajstić information content (AvgIpc) is 2.84. The molecule has 0 unspecified atom stereocenters. The highest BCUT2D eigenvalue weighted by Crippen LogP contribution is 2.28. The lowest BCUT2D eigenvalue weighted by Gasteiger charge is -2.18. The number of nitrogen functional groups attached to an aromatic ring is 1. The summed E-state index contributed by atoms with van der Waals surface area (Å²) in [6.07, 6.45) is -3.78. The lowest BCUT2D eigenvalue weighted by molar-refractivity contribution is -0.0549. The van der Waals surface area contributed by atoms with Crippen LogP contribution in [0.1, 0.15) is 6.23 Å². The third-order valence-electron chi connectivity index (χ3n) is 3.98. The molecular formula is C15H17N3O6. The Morgan fingerprint density at radius 1 is 1.17 bits per heavy atom. The lowest BCUT2D eigenvalue weighted by atomic mass is 10.1. The van der Waals surface area contributed by atoms with Gasteiger partial charge in [-0.25, -0.2) is 4.79 Å². The van der Waals surface area contributed by atoms with Crippen molar-refractivity contribution in [3.63, 3.8) is 0 Å². The zero-order chi connectivity index (χ0) is 17.4. The van der Waals surface area contributed by atoms with Crippen LogP contribution in [0.5, 0.6) is 0 Å². The molecule has 0 saturated carbocycles. The first-order valence-electron chi connectivity index (χ1n) is 7.26. The number of aliphatic hydroxyl groups excluding tert-OH is 3. The topological polar surface area (TPSA) is 151 Å². The number of ether oxygens (including phenoxy) is 1. The minimum Gasteiger partial charge on any atom is -0.399 e. The first kappa shape index (κ1) is 16.4. The van der Waals surface area contributed by atoms with E-state index in [0.29, 0.717) is 11.3 Å². The third-order valence-corrected chi connectivity index (χ3v) is 3.98. The van der Waals surface area contributed by atoms with Gasteiger partial charge in [0.2, 0.25) is 0 Å². The van der Waals surface area contributed by atoms with E-state index in [1.54, 1.807) is 24.3 Å². The number of benzene rings is 1. The van der Waals surface area contributed by atoms with Crippen molar-refractivity contribution < 1.29 is 20.1 Å². The molecule has 1 saturated heterocycles. The van der Waals surface area contributed by atoms with Crippen molar-refractivity contribution in [3.05, 3.63) is 51.3 Å². The Kier molecular flexibility index (Phi) is 4.24. The molecule has 1 aliphatic heterocycles. The molecule has 24 heavy (non-hydrogen) atoms. The largest absolute Gasteiger partial charge is 0.399 e. The number of aromatic nitrogens is 2. The van der Waals surface area contributed by atoms with Gasteiger partial charge in [-0.3, -0.25) is 14.3 Å². The zero-order valence-electron chi connectivity index (χ0n) is 12.5. The van der Waals surface area contributed by atoms with E-state index in [2.05, 4.69) is 4.98 Å². The molecule has 2 aromatic rings. The first-order chi connectivity index (χ1) is 11.4. The second-order valence-electron chi connectivity index (χ2n) is 5.56. The van der Waals surface area contributed by atoms with Gasteiger partial charge in [0.25, 0.3) is 5.56 Å². The normalized spacial score (nSPS) is 26.6. The molecule has 0 bridgehead atoms. The summed E-state index contributed by atoms with van der Waals surface area (Å²) in [5.74, 6) is 0. The Morgan fingerprint density at radius 2 is 1.83 bits per heavy atom. The molecule has 1 aromatic carbocycles. The van der Waals surface area contributed by atoms with Crippen LogP contribution in [0.25, 0.3) is 11.1 Å². The van der Waals surface area contributed by atoms with E-state index in [4.69, 9.17) is 15.6 Å². The Hall–Kier alpha value is -2.46. The van der Waals surface area contributed by atoms with Gasteiger partial charge < -0.3 is 25.8 Å². The van der Waals surface area contributed by atoms with Crippen molar-refractivity contribution in [2.24, 2.45) is 0 Å². The smallest absolute Gasteiger partial charge is 0.330 e. The molecule has 0 aliphatic carbocycles. The van der Waals surface area contributed by atoms with E-state index in [1.807, 2.05) is 0 Å². The van der Waals surface area contributed by atoms with E-state index in [1.165, 1.54) is 6.20 Å². The number of rotatable bonds is 3. The third kappa shape index (κ3) is 2.74. The second kappa shape index (κ2) is 6.21. The molecule has 4 atom stereocenters. The van der Waals surface area contributed by atoms with Crippen molar-refractivity contribution in [3.8, 4) is 11.1 Å². The fraction of sp³-hybridized carbons (Fsp3) is 0.333. The van der Waals surface area contributed by atoms with Crippen molar-refractivity contribution in [2.45, 2.75) is 24.5 Å². The van der Waals surface area contributed by atoms with Gasteiger partial charge in [-0.2, -0.15) is 0 Å². The molecule has 0 amide bonds. The van der Waals surface area contributed by atoms with Gasteiger partial charge in [-0.05, 0) is 17.7 Å². The molecular weight excluding hydrogens is 318 g/mol. The Balaban J connectivity index is 2.07. The Labute approximate surface area is 135 Å². The van der Waals surface area contributed by atoms with Crippen molar-refractivity contribution in [2.75, 3.05) is 12.3 Å². The maximum Gasteiger partial charge on any atom is 0.330 e. The highest BCUT2D eigenvalue weighted by Gasteiger charge is 2.43. The van der Waals surface area contributed by atoms with Crippen molar-refractivity contribution >= 4 is 5.69 Å². The highest BCUT2D eigenvalue weighted by molar-refractivity contribution is 5.63. The van der Waals surface area contributed by atoms with Crippen molar-refractivity contribution in [1.29, 1.82) is 0 Å². The van der Waals surface area contributed by atoms with E-state index >= 15 is 0 Å². The number of aliphatic hydroxyl groups is 3. The van der Waals surface area contributed by atoms with Gasteiger partial charge >= 0.3 is 5.69 Å². The van der Waals surface area contributed by atoms with Crippen LogP contribution in [0.3, 0.4) is 0 Å². The predicted octanol–water partition coefficient (Wildman–Crippen LogP) is -1.60. The van der Waals surface area contributed by atoms with Crippen LogP contribution in [-0.4, -0.2) is 49.8 Å². The minimum atomic E-state index is -1.43. The number of nitrogens with two attached hydrogens (primary N) is 1. The number of aromatic amines is 1. The number of H-pyrrole nitrogens is 1. The lowest BCUT2D eigenvalue weighted by Crippen LogP contribution is -2.38. The van der Waals surface area contributed by atoms with Crippen LogP contribution in [0.15, 0.2) is 40.1 Å². The fourth-order valence-corrected chi connectivity index (χ4v) is 2.65. The Morgan fingerprint density at radius 3 is 2.42 bits per heavy atom. The summed E-state index contributed by atoms with van der Waals surface area (Å²) in [7, 11) is 0. The number of nitrogens with one attached hydrogen (secondary N) is 1. The van der Waals surface area contributed by atoms with Gasteiger partial charge in [-0.1, -0.05) is 12.1 Å². The van der Waals surface area contributed by atoms with E-state index in [9.17, 15) is 19.8 Å². The minimum absolute atomic E-state index is 0.173. The summed E-state index contributed by atoms with van der Waals surface area (Å²) in [5.41, 5.74) is 5.43. The zero-order valence-corrected chi connectivity index (χ0v) is 12.5. The van der Waals surface area contributed by atoms with Crippen LogP contribution < -0.4 is 17.0 Å². The summed E-state index contributed by atoms with van der Waals surface area (Å²) < 4.78 is 6.31. The van der Waals surface area contributed by atoms with Crippen LogP contribution in [0.2, 0.25) is 0 Å². The molecule has 1 aliphatic rings. The number of hydrogen-bond acceptors (Lipinski definition) is 7. The highest BCUT2D eigenvalue weighted by atomic mass is 16.6. The number of hydrogen-bond donors (Lipinski definition) is 5. The molecule has 6 N–H and O–H groups in total. The second-order valence-corrected chi connectivity index (χ2v) is 5.56. The maximum absolute atomic E-state index is 12.1. The monoisotopic (exact) mass is 335 g/mol. The summed E-state index contributed by atoms with van der Waals surface area (Å²) in [4.78, 5) is 26.3. The molecule has 128 valence electrons. The summed E-state index contributed by atoms with van der Waals surface area (Å²) >= 11 is 0. The van der Waals surface area contributed by atoms with Crippen LogP contribution in [0.4, 0.5) is 5.69 Å². The van der Waals surface area contributed by atoms with E-state index < -0.39 is 42.4 Å². The molecule has 2 heterocycles. The number of anilines is 1.